The Hall–Kier alpha value is -1.94. The Labute approximate surface area is 116 Å². The highest BCUT2D eigenvalue weighted by atomic mass is 19.4. The first-order valence-electron chi connectivity index (χ1n) is 5.23. The minimum atomic E-state index is -6.14. The van der Waals surface area contributed by atoms with Crippen LogP contribution in [0.3, 0.4) is 0 Å². The molecule has 1 rings (SSSR count). The van der Waals surface area contributed by atoms with Crippen molar-refractivity contribution in [3.05, 3.63) is 29.8 Å². The van der Waals surface area contributed by atoms with Gasteiger partial charge in [-0.1, -0.05) is 0 Å². The van der Waals surface area contributed by atoms with Gasteiger partial charge in [0.2, 0.25) is 5.78 Å². The molecular formula is C11H5F9O2. The molecule has 0 radical (unpaired) electrons. The summed E-state index contributed by atoms with van der Waals surface area (Å²) in [6, 6.07) is 1.41. The molecule has 0 aliphatic heterocycles. The lowest BCUT2D eigenvalue weighted by molar-refractivity contribution is -0.255. The summed E-state index contributed by atoms with van der Waals surface area (Å²) in [5.41, 5.74) is -1.16. The molecule has 0 aliphatic rings. The van der Waals surface area contributed by atoms with Crippen LogP contribution in [0.15, 0.2) is 24.3 Å². The van der Waals surface area contributed by atoms with E-state index in [0.717, 1.165) is 0 Å². The van der Waals surface area contributed by atoms with Crippen molar-refractivity contribution in [1.29, 1.82) is 0 Å². The standard InChI is InChI=1S/C11H5F9O2/c12-8(13)10(16,17)22-6-3-1-5(2-4-6)7(21)9(14,15)11(18,19)20/h1-4,8H. The van der Waals surface area contributed by atoms with Gasteiger partial charge in [0.1, 0.15) is 5.75 Å². The maximum atomic E-state index is 12.8. The zero-order valence-corrected chi connectivity index (χ0v) is 10.1. The van der Waals surface area contributed by atoms with Gasteiger partial charge in [0.05, 0.1) is 0 Å². The number of halogens is 9. The Morgan fingerprint density at radius 1 is 0.909 bits per heavy atom. The summed E-state index contributed by atoms with van der Waals surface area (Å²) >= 11 is 0. The molecule has 2 nitrogen and oxygen atoms in total. The Balaban J connectivity index is 2.97. The van der Waals surface area contributed by atoms with Gasteiger partial charge in [-0.05, 0) is 24.3 Å². The number of hydrogen-bond acceptors (Lipinski definition) is 2. The predicted molar refractivity (Wildman–Crippen MR) is 53.4 cm³/mol. The molecule has 0 aromatic heterocycles. The lowest BCUT2D eigenvalue weighted by Crippen LogP contribution is -2.44. The van der Waals surface area contributed by atoms with Gasteiger partial charge in [-0.3, -0.25) is 4.79 Å². The highest BCUT2D eigenvalue weighted by molar-refractivity contribution is 6.02. The summed E-state index contributed by atoms with van der Waals surface area (Å²) < 4.78 is 114. The number of alkyl halides is 9. The van der Waals surface area contributed by atoms with Crippen LogP contribution in [-0.4, -0.2) is 30.4 Å². The van der Waals surface area contributed by atoms with Crippen molar-refractivity contribution in [3.63, 3.8) is 0 Å². The van der Waals surface area contributed by atoms with Crippen molar-refractivity contribution >= 4 is 5.78 Å². The Morgan fingerprint density at radius 2 is 1.36 bits per heavy atom. The van der Waals surface area contributed by atoms with Crippen LogP contribution in [0.2, 0.25) is 0 Å². The molecule has 124 valence electrons. The second-order valence-corrected chi connectivity index (χ2v) is 3.89. The van der Waals surface area contributed by atoms with Crippen molar-refractivity contribution in [1.82, 2.24) is 0 Å². The fourth-order valence-corrected chi connectivity index (χ4v) is 1.19. The number of benzene rings is 1. The smallest absolute Gasteiger partial charge is 0.428 e. The molecule has 0 N–H and O–H groups in total. The van der Waals surface area contributed by atoms with Gasteiger partial charge < -0.3 is 4.74 Å². The third kappa shape index (κ3) is 3.63. The molecule has 0 fully saturated rings. The van der Waals surface area contributed by atoms with E-state index < -0.39 is 41.7 Å². The average molecular weight is 340 g/mol. The fraction of sp³-hybridized carbons (Fsp3) is 0.364. The number of hydrogen-bond donors (Lipinski definition) is 0. The van der Waals surface area contributed by atoms with Gasteiger partial charge in [-0.25, -0.2) is 0 Å². The summed E-state index contributed by atoms with van der Waals surface area (Å²) in [5.74, 6) is -9.24. The zero-order valence-electron chi connectivity index (χ0n) is 10.1. The van der Waals surface area contributed by atoms with Crippen LogP contribution in [-0.2, 0) is 0 Å². The van der Waals surface area contributed by atoms with Gasteiger partial charge in [0.25, 0.3) is 0 Å². The highest BCUT2D eigenvalue weighted by Gasteiger charge is 2.63. The topological polar surface area (TPSA) is 26.3 Å². The molecule has 0 saturated heterocycles. The minimum absolute atomic E-state index is 0.318. The summed E-state index contributed by atoms with van der Waals surface area (Å²) in [7, 11) is 0. The third-order valence-corrected chi connectivity index (χ3v) is 2.27. The van der Waals surface area contributed by atoms with E-state index in [1.807, 2.05) is 0 Å². The molecule has 0 atom stereocenters. The number of ether oxygens (including phenoxy) is 1. The molecule has 0 spiro atoms. The molecule has 0 bridgehead atoms. The molecule has 22 heavy (non-hydrogen) atoms. The van der Waals surface area contributed by atoms with Gasteiger partial charge in [-0.2, -0.15) is 39.5 Å². The van der Waals surface area contributed by atoms with E-state index in [4.69, 9.17) is 0 Å². The molecule has 0 heterocycles. The van der Waals surface area contributed by atoms with Crippen molar-refractivity contribution in [2.45, 2.75) is 24.6 Å². The van der Waals surface area contributed by atoms with Crippen molar-refractivity contribution in [3.8, 4) is 5.75 Å². The number of carbonyl (C=O) groups is 1. The summed E-state index contributed by atoms with van der Waals surface area (Å²) in [6.45, 7) is 0. The maximum Gasteiger partial charge on any atom is 0.461 e. The van der Waals surface area contributed by atoms with Crippen LogP contribution >= 0.6 is 0 Å². The van der Waals surface area contributed by atoms with Gasteiger partial charge in [0, 0.05) is 5.56 Å². The first-order valence-corrected chi connectivity index (χ1v) is 5.23. The van der Waals surface area contributed by atoms with E-state index in [1.54, 1.807) is 0 Å². The molecule has 0 amide bonds. The summed E-state index contributed by atoms with van der Waals surface area (Å²) in [4.78, 5) is 11.0. The second kappa shape index (κ2) is 5.69. The number of rotatable bonds is 5. The lowest BCUT2D eigenvalue weighted by Gasteiger charge is -2.19. The van der Waals surface area contributed by atoms with Gasteiger partial charge in [0.15, 0.2) is 0 Å². The normalized spacial score (nSPS) is 13.4. The summed E-state index contributed by atoms with van der Waals surface area (Å²) in [6.07, 6.45) is -15.2. The molecular weight excluding hydrogens is 335 g/mol. The van der Waals surface area contributed by atoms with Crippen molar-refractivity contribution in [2.24, 2.45) is 0 Å². The van der Waals surface area contributed by atoms with Crippen LogP contribution in [0.5, 0.6) is 5.75 Å². The first kappa shape index (κ1) is 18.1. The molecule has 11 heteroatoms. The third-order valence-electron chi connectivity index (χ3n) is 2.27. The molecule has 0 saturated carbocycles. The Kier molecular flexibility index (Phi) is 4.68. The minimum Gasteiger partial charge on any atom is -0.428 e. The summed E-state index contributed by atoms with van der Waals surface area (Å²) in [5, 5.41) is 0. The van der Waals surface area contributed by atoms with E-state index in [2.05, 4.69) is 4.74 Å². The molecule has 1 aromatic carbocycles. The number of carbonyl (C=O) groups excluding carboxylic acids is 1. The molecule has 1 aromatic rings. The second-order valence-electron chi connectivity index (χ2n) is 3.89. The quantitative estimate of drug-likeness (QED) is 0.590. The van der Waals surface area contributed by atoms with Crippen molar-refractivity contribution < 1.29 is 49.0 Å². The number of ketones is 1. The van der Waals surface area contributed by atoms with E-state index >= 15 is 0 Å². The molecule has 0 aliphatic carbocycles. The average Bonchev–Trinajstić information content (AvgIpc) is 2.36. The Morgan fingerprint density at radius 3 is 1.73 bits per heavy atom. The van der Waals surface area contributed by atoms with E-state index in [0.29, 0.717) is 24.3 Å². The SMILES string of the molecule is O=C(c1ccc(OC(F)(F)C(F)F)cc1)C(F)(F)C(F)(F)F. The fourth-order valence-electron chi connectivity index (χ4n) is 1.19. The first-order chi connectivity index (χ1) is 9.79. The predicted octanol–water partition coefficient (Wildman–Crippen LogP) is 4.30. The van der Waals surface area contributed by atoms with Crippen LogP contribution in [0.4, 0.5) is 39.5 Å². The van der Waals surface area contributed by atoms with Gasteiger partial charge >= 0.3 is 24.6 Å². The zero-order chi connectivity index (χ0) is 17.3. The van der Waals surface area contributed by atoms with E-state index in [9.17, 15) is 44.3 Å². The number of Topliss-reactive ketones (excluding diaryl/α,β-unsaturated/α-hetero) is 1. The molecule has 0 unspecified atom stereocenters. The monoisotopic (exact) mass is 340 g/mol. The van der Waals surface area contributed by atoms with Crippen LogP contribution < -0.4 is 4.74 Å². The van der Waals surface area contributed by atoms with Crippen LogP contribution in [0, 0.1) is 0 Å². The van der Waals surface area contributed by atoms with E-state index in [1.165, 1.54) is 0 Å². The van der Waals surface area contributed by atoms with Crippen molar-refractivity contribution in [2.75, 3.05) is 0 Å². The van der Waals surface area contributed by atoms with Crippen LogP contribution in [0.25, 0.3) is 0 Å². The van der Waals surface area contributed by atoms with E-state index in [-0.39, 0.29) is 0 Å². The highest BCUT2D eigenvalue weighted by Crippen LogP contribution is 2.38. The van der Waals surface area contributed by atoms with Gasteiger partial charge in [-0.15, -0.1) is 0 Å². The maximum absolute atomic E-state index is 12.8. The van der Waals surface area contributed by atoms with Crippen LogP contribution in [0.1, 0.15) is 10.4 Å². The lowest BCUT2D eigenvalue weighted by atomic mass is 10.1. The Bertz CT molecular complexity index is 533. The largest absolute Gasteiger partial charge is 0.461 e.